The quantitative estimate of drug-likeness (QED) is 0.757. The van der Waals surface area contributed by atoms with Crippen LogP contribution in [0.1, 0.15) is 36.1 Å². The summed E-state index contributed by atoms with van der Waals surface area (Å²) in [7, 11) is 0. The molecule has 0 aromatic heterocycles. The highest BCUT2D eigenvalue weighted by molar-refractivity contribution is 9.10. The summed E-state index contributed by atoms with van der Waals surface area (Å²) in [5.74, 6) is -0.162. The second-order valence-electron chi connectivity index (χ2n) is 5.36. The molecule has 21 heavy (non-hydrogen) atoms. The van der Waals surface area contributed by atoms with Crippen LogP contribution in [0.15, 0.2) is 46.9 Å². The molecule has 0 aliphatic carbocycles. The molecule has 0 aliphatic heterocycles. The van der Waals surface area contributed by atoms with Crippen molar-refractivity contribution >= 4 is 15.9 Å². The highest BCUT2D eigenvalue weighted by atomic mass is 79.9. The topological polar surface area (TPSA) is 12.0 Å². The van der Waals surface area contributed by atoms with Crippen molar-refractivity contribution < 1.29 is 4.39 Å². The molecule has 112 valence electrons. The van der Waals surface area contributed by atoms with Crippen LogP contribution in [0.25, 0.3) is 0 Å². The fourth-order valence-corrected chi connectivity index (χ4v) is 2.69. The van der Waals surface area contributed by atoms with E-state index in [1.807, 2.05) is 12.1 Å². The Morgan fingerprint density at radius 2 is 1.86 bits per heavy atom. The molecule has 2 aromatic rings. The summed E-state index contributed by atoms with van der Waals surface area (Å²) in [4.78, 5) is 0. The lowest BCUT2D eigenvalue weighted by atomic mass is 9.97. The Labute approximate surface area is 134 Å². The van der Waals surface area contributed by atoms with Gasteiger partial charge in [0.1, 0.15) is 5.82 Å². The molecule has 2 aromatic carbocycles. The van der Waals surface area contributed by atoms with E-state index in [1.54, 1.807) is 0 Å². The van der Waals surface area contributed by atoms with Gasteiger partial charge in [0.2, 0.25) is 0 Å². The summed E-state index contributed by atoms with van der Waals surface area (Å²) in [5, 5.41) is 3.45. The monoisotopic (exact) mass is 349 g/mol. The molecule has 0 amide bonds. The van der Waals surface area contributed by atoms with Gasteiger partial charge in [-0.25, -0.2) is 4.39 Å². The summed E-state index contributed by atoms with van der Waals surface area (Å²) in [6, 6.07) is 13.7. The van der Waals surface area contributed by atoms with Crippen LogP contribution in [-0.4, -0.2) is 6.54 Å². The molecule has 0 heterocycles. The van der Waals surface area contributed by atoms with Gasteiger partial charge in [0.15, 0.2) is 0 Å². The van der Waals surface area contributed by atoms with Crippen LogP contribution in [0.2, 0.25) is 0 Å². The number of aryl methyl sites for hydroxylation is 1. The Bertz CT molecular complexity index is 580. The van der Waals surface area contributed by atoms with Gasteiger partial charge in [-0.1, -0.05) is 58.7 Å². The minimum atomic E-state index is -0.162. The van der Waals surface area contributed by atoms with Crippen molar-refractivity contribution in [3.05, 3.63) is 69.4 Å². The lowest BCUT2D eigenvalue weighted by Gasteiger charge is -2.20. The van der Waals surface area contributed by atoms with E-state index in [-0.39, 0.29) is 11.9 Å². The summed E-state index contributed by atoms with van der Waals surface area (Å²) >= 11 is 3.31. The predicted octanol–water partition coefficient (Wildman–Crippen LogP) is 5.18. The lowest BCUT2D eigenvalue weighted by molar-refractivity contribution is 0.497. The van der Waals surface area contributed by atoms with Crippen molar-refractivity contribution in [3.8, 4) is 0 Å². The molecule has 2 rings (SSSR count). The molecular weight excluding hydrogens is 329 g/mol. The van der Waals surface area contributed by atoms with Gasteiger partial charge in [-0.3, -0.25) is 0 Å². The van der Waals surface area contributed by atoms with E-state index in [2.05, 4.69) is 59.4 Å². The zero-order valence-corrected chi connectivity index (χ0v) is 14.1. The van der Waals surface area contributed by atoms with Gasteiger partial charge in [-0.05, 0) is 44.0 Å². The Kier molecular flexibility index (Phi) is 5.95. The van der Waals surface area contributed by atoms with Crippen molar-refractivity contribution in [2.24, 2.45) is 0 Å². The Morgan fingerprint density at radius 1 is 1.14 bits per heavy atom. The van der Waals surface area contributed by atoms with E-state index in [4.69, 9.17) is 0 Å². The van der Waals surface area contributed by atoms with E-state index in [0.29, 0.717) is 0 Å². The standard InChI is InChI=1S/C18H21BrFN/c1-3-10-21-18(11-14-6-4-13(2)5-7-14)16-9-8-15(19)12-17(16)20/h4-9,12,18,21H,3,10-11H2,1-2H3. The van der Waals surface area contributed by atoms with E-state index in [0.717, 1.165) is 29.4 Å². The van der Waals surface area contributed by atoms with Gasteiger partial charge in [-0.15, -0.1) is 0 Å². The van der Waals surface area contributed by atoms with Crippen molar-refractivity contribution in [3.63, 3.8) is 0 Å². The predicted molar refractivity (Wildman–Crippen MR) is 90.0 cm³/mol. The van der Waals surface area contributed by atoms with Crippen LogP contribution in [0, 0.1) is 12.7 Å². The minimum Gasteiger partial charge on any atom is -0.310 e. The van der Waals surface area contributed by atoms with Crippen LogP contribution < -0.4 is 5.32 Å². The maximum atomic E-state index is 14.2. The van der Waals surface area contributed by atoms with Crippen molar-refractivity contribution in [1.82, 2.24) is 5.32 Å². The summed E-state index contributed by atoms with van der Waals surface area (Å²) in [6.07, 6.45) is 1.82. The first-order valence-electron chi connectivity index (χ1n) is 7.34. The van der Waals surface area contributed by atoms with Gasteiger partial charge >= 0.3 is 0 Å². The van der Waals surface area contributed by atoms with Crippen molar-refractivity contribution in [1.29, 1.82) is 0 Å². The molecule has 0 saturated carbocycles. The number of benzene rings is 2. The normalized spacial score (nSPS) is 12.4. The largest absolute Gasteiger partial charge is 0.310 e. The molecule has 0 spiro atoms. The molecular formula is C18H21BrFN. The molecule has 0 fully saturated rings. The smallest absolute Gasteiger partial charge is 0.129 e. The molecule has 1 atom stereocenters. The molecule has 1 unspecified atom stereocenters. The van der Waals surface area contributed by atoms with Crippen LogP contribution in [-0.2, 0) is 6.42 Å². The van der Waals surface area contributed by atoms with Gasteiger partial charge in [0.25, 0.3) is 0 Å². The molecule has 0 radical (unpaired) electrons. The van der Waals surface area contributed by atoms with E-state index in [9.17, 15) is 4.39 Å². The summed E-state index contributed by atoms with van der Waals surface area (Å²) < 4.78 is 15.0. The summed E-state index contributed by atoms with van der Waals surface area (Å²) in [6.45, 7) is 5.07. The molecule has 1 N–H and O–H groups in total. The van der Waals surface area contributed by atoms with Crippen LogP contribution >= 0.6 is 15.9 Å². The molecule has 3 heteroatoms. The third-order valence-electron chi connectivity index (χ3n) is 3.54. The van der Waals surface area contributed by atoms with E-state index < -0.39 is 0 Å². The van der Waals surface area contributed by atoms with Gasteiger partial charge < -0.3 is 5.32 Å². The zero-order chi connectivity index (χ0) is 15.2. The third-order valence-corrected chi connectivity index (χ3v) is 4.03. The fourth-order valence-electron chi connectivity index (χ4n) is 2.35. The number of halogens is 2. The lowest BCUT2D eigenvalue weighted by Crippen LogP contribution is -2.25. The Balaban J connectivity index is 2.22. The minimum absolute atomic E-state index is 0.000700. The highest BCUT2D eigenvalue weighted by Crippen LogP contribution is 2.24. The molecule has 0 bridgehead atoms. The number of rotatable bonds is 6. The fraction of sp³-hybridized carbons (Fsp3) is 0.333. The Morgan fingerprint density at radius 3 is 2.48 bits per heavy atom. The first-order valence-corrected chi connectivity index (χ1v) is 8.13. The highest BCUT2D eigenvalue weighted by Gasteiger charge is 2.16. The second-order valence-corrected chi connectivity index (χ2v) is 6.28. The van der Waals surface area contributed by atoms with Gasteiger partial charge in [-0.2, -0.15) is 0 Å². The maximum Gasteiger partial charge on any atom is 0.129 e. The Hall–Kier alpha value is -1.19. The third kappa shape index (κ3) is 4.65. The van der Waals surface area contributed by atoms with E-state index >= 15 is 0 Å². The first-order chi connectivity index (χ1) is 10.1. The zero-order valence-electron chi connectivity index (χ0n) is 12.5. The molecule has 0 saturated heterocycles. The maximum absolute atomic E-state index is 14.2. The van der Waals surface area contributed by atoms with Gasteiger partial charge in [0.05, 0.1) is 0 Å². The number of hydrogen-bond acceptors (Lipinski definition) is 1. The average Bonchev–Trinajstić information content (AvgIpc) is 2.46. The molecule has 1 nitrogen and oxygen atoms in total. The number of nitrogens with one attached hydrogen (secondary N) is 1. The number of hydrogen-bond donors (Lipinski definition) is 1. The second kappa shape index (κ2) is 7.71. The average molecular weight is 350 g/mol. The van der Waals surface area contributed by atoms with Crippen LogP contribution in [0.5, 0.6) is 0 Å². The SMILES string of the molecule is CCCNC(Cc1ccc(C)cc1)c1ccc(Br)cc1F. The van der Waals surface area contributed by atoms with Crippen LogP contribution in [0.3, 0.4) is 0 Å². The summed E-state index contributed by atoms with van der Waals surface area (Å²) in [5.41, 5.74) is 3.19. The molecule has 0 aliphatic rings. The first kappa shape index (κ1) is 16.2. The van der Waals surface area contributed by atoms with Crippen LogP contribution in [0.4, 0.5) is 4.39 Å². The van der Waals surface area contributed by atoms with E-state index in [1.165, 1.54) is 17.2 Å². The van der Waals surface area contributed by atoms with Crippen molar-refractivity contribution in [2.45, 2.75) is 32.7 Å². The van der Waals surface area contributed by atoms with Gasteiger partial charge in [0, 0.05) is 16.1 Å². The van der Waals surface area contributed by atoms with Crippen molar-refractivity contribution in [2.75, 3.05) is 6.54 Å².